The van der Waals surface area contributed by atoms with Crippen molar-refractivity contribution in [1.82, 2.24) is 4.90 Å². The Kier molecular flexibility index (Phi) is 6.48. The summed E-state index contributed by atoms with van der Waals surface area (Å²) in [4.78, 5) is 25.0. The fraction of sp³-hybridized carbons (Fsp3) is 0.429. The van der Waals surface area contributed by atoms with E-state index in [0.29, 0.717) is 17.1 Å². The van der Waals surface area contributed by atoms with E-state index in [2.05, 4.69) is 5.32 Å². The summed E-state index contributed by atoms with van der Waals surface area (Å²) in [7, 11) is 1.56. The molecule has 110 valence electrons. The van der Waals surface area contributed by atoms with Gasteiger partial charge in [0.15, 0.2) is 0 Å². The van der Waals surface area contributed by atoms with E-state index in [-0.39, 0.29) is 18.4 Å². The number of carbonyl (C=O) groups excluding carboxylic acids is 2. The largest absolute Gasteiger partial charge is 0.335 e. The second kappa shape index (κ2) is 7.87. The molecule has 1 atom stereocenters. The van der Waals surface area contributed by atoms with Crippen molar-refractivity contribution in [3.63, 3.8) is 0 Å². The number of nitrogens with zero attached hydrogens (tertiary/aromatic N) is 1. The number of likely N-dealkylation sites (N-methyl/N-ethyl adjacent to an activating group) is 1. The first-order valence-electron chi connectivity index (χ1n) is 6.50. The van der Waals surface area contributed by atoms with E-state index in [1.165, 1.54) is 4.90 Å². The van der Waals surface area contributed by atoms with Gasteiger partial charge in [-0.2, -0.15) is 0 Å². The van der Waals surface area contributed by atoms with Crippen molar-refractivity contribution in [2.45, 2.75) is 25.8 Å². The third kappa shape index (κ3) is 5.19. The van der Waals surface area contributed by atoms with E-state index >= 15 is 0 Å². The molecule has 3 N–H and O–H groups in total. The number of amides is 2. The maximum Gasteiger partial charge on any atom is 0.243 e. The standard InChI is InChI=1S/C14H20ClN3O2/c1-3-5-12(16)14(20)18(2)9-13(19)17-11-7-4-6-10(15)8-11/h4,6-8,12H,3,5,9,16H2,1-2H3,(H,17,19). The van der Waals surface area contributed by atoms with Crippen LogP contribution in [0.25, 0.3) is 0 Å². The first-order chi connectivity index (χ1) is 9.43. The Morgan fingerprint density at radius 2 is 2.15 bits per heavy atom. The SMILES string of the molecule is CCCC(N)C(=O)N(C)CC(=O)Nc1cccc(Cl)c1. The molecule has 0 radical (unpaired) electrons. The second-order valence-electron chi connectivity index (χ2n) is 4.65. The summed E-state index contributed by atoms with van der Waals surface area (Å²) in [6, 6.07) is 6.28. The molecular weight excluding hydrogens is 278 g/mol. The molecular formula is C14H20ClN3O2. The minimum absolute atomic E-state index is 0.0389. The zero-order valence-corrected chi connectivity index (χ0v) is 12.5. The van der Waals surface area contributed by atoms with Gasteiger partial charge in [-0.1, -0.05) is 31.0 Å². The molecule has 0 saturated carbocycles. The molecule has 0 aliphatic carbocycles. The lowest BCUT2D eigenvalue weighted by Crippen LogP contribution is -2.44. The molecule has 1 aromatic rings. The van der Waals surface area contributed by atoms with E-state index in [9.17, 15) is 9.59 Å². The summed E-state index contributed by atoms with van der Waals surface area (Å²) in [5.41, 5.74) is 6.33. The fourth-order valence-electron chi connectivity index (χ4n) is 1.78. The quantitative estimate of drug-likeness (QED) is 0.841. The molecule has 0 aliphatic rings. The number of anilines is 1. The number of hydrogen-bond donors (Lipinski definition) is 2. The molecule has 6 heteroatoms. The first kappa shape index (κ1) is 16.5. The Morgan fingerprint density at radius 1 is 1.45 bits per heavy atom. The fourth-order valence-corrected chi connectivity index (χ4v) is 1.97. The summed E-state index contributed by atoms with van der Waals surface area (Å²) in [6.45, 7) is 1.92. The molecule has 0 bridgehead atoms. The van der Waals surface area contributed by atoms with E-state index in [1.807, 2.05) is 6.92 Å². The lowest BCUT2D eigenvalue weighted by atomic mass is 10.1. The molecule has 1 unspecified atom stereocenters. The lowest BCUT2D eigenvalue weighted by Gasteiger charge is -2.20. The number of nitrogens with one attached hydrogen (secondary N) is 1. The Labute approximate surface area is 124 Å². The molecule has 0 aromatic heterocycles. The average molecular weight is 298 g/mol. The van der Waals surface area contributed by atoms with Crippen molar-refractivity contribution in [2.75, 3.05) is 18.9 Å². The number of benzene rings is 1. The van der Waals surface area contributed by atoms with Gasteiger partial charge in [0.1, 0.15) is 0 Å². The molecule has 1 rings (SSSR count). The van der Waals surface area contributed by atoms with Gasteiger partial charge in [0.05, 0.1) is 12.6 Å². The van der Waals surface area contributed by atoms with E-state index in [4.69, 9.17) is 17.3 Å². The van der Waals surface area contributed by atoms with Crippen LogP contribution in [0.15, 0.2) is 24.3 Å². The van der Waals surface area contributed by atoms with Gasteiger partial charge in [-0.3, -0.25) is 9.59 Å². The topological polar surface area (TPSA) is 75.4 Å². The summed E-state index contributed by atoms with van der Waals surface area (Å²) < 4.78 is 0. The second-order valence-corrected chi connectivity index (χ2v) is 5.08. The van der Waals surface area contributed by atoms with E-state index in [0.717, 1.165) is 6.42 Å². The van der Waals surface area contributed by atoms with Crippen LogP contribution < -0.4 is 11.1 Å². The zero-order chi connectivity index (χ0) is 15.1. The highest BCUT2D eigenvalue weighted by atomic mass is 35.5. The maximum atomic E-state index is 11.9. The van der Waals surface area contributed by atoms with Crippen molar-refractivity contribution in [3.8, 4) is 0 Å². The molecule has 2 amide bonds. The van der Waals surface area contributed by atoms with Crippen molar-refractivity contribution < 1.29 is 9.59 Å². The van der Waals surface area contributed by atoms with Crippen LogP contribution >= 0.6 is 11.6 Å². The van der Waals surface area contributed by atoms with Crippen LogP contribution in [0.1, 0.15) is 19.8 Å². The van der Waals surface area contributed by atoms with E-state index in [1.54, 1.807) is 31.3 Å². The van der Waals surface area contributed by atoms with Crippen LogP contribution in [-0.2, 0) is 9.59 Å². The van der Waals surface area contributed by atoms with Gasteiger partial charge in [-0.25, -0.2) is 0 Å². The third-order valence-corrected chi connectivity index (χ3v) is 3.02. The first-order valence-corrected chi connectivity index (χ1v) is 6.87. The van der Waals surface area contributed by atoms with Crippen LogP contribution in [0.4, 0.5) is 5.69 Å². The predicted molar refractivity (Wildman–Crippen MR) is 80.6 cm³/mol. The monoisotopic (exact) mass is 297 g/mol. The average Bonchev–Trinajstić information content (AvgIpc) is 2.37. The van der Waals surface area contributed by atoms with Crippen molar-refractivity contribution in [1.29, 1.82) is 0 Å². The Hall–Kier alpha value is -1.59. The molecule has 0 fully saturated rings. The van der Waals surface area contributed by atoms with Crippen LogP contribution in [0.5, 0.6) is 0 Å². The Morgan fingerprint density at radius 3 is 2.75 bits per heavy atom. The van der Waals surface area contributed by atoms with E-state index < -0.39 is 6.04 Å². The lowest BCUT2D eigenvalue weighted by molar-refractivity contribution is -0.134. The minimum atomic E-state index is -0.552. The molecule has 0 heterocycles. The van der Waals surface area contributed by atoms with Crippen LogP contribution in [0.3, 0.4) is 0 Å². The van der Waals surface area contributed by atoms with Crippen LogP contribution in [0.2, 0.25) is 5.02 Å². The molecule has 0 spiro atoms. The molecule has 1 aromatic carbocycles. The summed E-state index contributed by atoms with van der Waals surface area (Å²) in [6.07, 6.45) is 1.44. The number of carbonyl (C=O) groups is 2. The molecule has 0 saturated heterocycles. The number of rotatable bonds is 6. The van der Waals surface area contributed by atoms with Gasteiger partial charge in [0.2, 0.25) is 11.8 Å². The highest BCUT2D eigenvalue weighted by Crippen LogP contribution is 2.14. The number of nitrogens with two attached hydrogens (primary N) is 1. The third-order valence-electron chi connectivity index (χ3n) is 2.78. The number of hydrogen-bond acceptors (Lipinski definition) is 3. The summed E-state index contributed by atoms with van der Waals surface area (Å²) >= 11 is 5.83. The number of halogens is 1. The van der Waals surface area contributed by atoms with Gasteiger partial charge in [-0.05, 0) is 24.6 Å². The normalized spacial score (nSPS) is 11.8. The van der Waals surface area contributed by atoms with Crippen LogP contribution in [-0.4, -0.2) is 36.3 Å². The maximum absolute atomic E-state index is 11.9. The predicted octanol–water partition coefficient (Wildman–Crippen LogP) is 1.86. The van der Waals surface area contributed by atoms with Crippen LogP contribution in [0, 0.1) is 0 Å². The highest BCUT2D eigenvalue weighted by Gasteiger charge is 2.19. The van der Waals surface area contributed by atoms with Gasteiger partial charge < -0.3 is 16.0 Å². The summed E-state index contributed by atoms with van der Waals surface area (Å²) in [5.74, 6) is -0.514. The minimum Gasteiger partial charge on any atom is -0.335 e. The zero-order valence-electron chi connectivity index (χ0n) is 11.7. The van der Waals surface area contributed by atoms with Gasteiger partial charge in [0, 0.05) is 17.8 Å². The van der Waals surface area contributed by atoms with Crippen molar-refractivity contribution in [2.24, 2.45) is 5.73 Å². The smallest absolute Gasteiger partial charge is 0.243 e. The van der Waals surface area contributed by atoms with Crippen molar-refractivity contribution >= 4 is 29.1 Å². The van der Waals surface area contributed by atoms with Gasteiger partial charge in [-0.15, -0.1) is 0 Å². The van der Waals surface area contributed by atoms with Crippen molar-refractivity contribution in [3.05, 3.63) is 29.3 Å². The highest BCUT2D eigenvalue weighted by molar-refractivity contribution is 6.30. The molecule has 20 heavy (non-hydrogen) atoms. The Balaban J connectivity index is 2.51. The summed E-state index contributed by atoms with van der Waals surface area (Å²) in [5, 5.41) is 3.22. The molecule has 0 aliphatic heterocycles. The van der Waals surface area contributed by atoms with Gasteiger partial charge >= 0.3 is 0 Å². The molecule has 5 nitrogen and oxygen atoms in total. The van der Waals surface area contributed by atoms with Gasteiger partial charge in [0.25, 0.3) is 0 Å². The Bertz CT molecular complexity index is 479.